The monoisotopic (exact) mass is 1020 g/mol. The highest BCUT2D eigenvalue weighted by molar-refractivity contribution is 6.12. The Balaban J connectivity index is 0.704. The normalized spacial score (nSPS) is 11.8. The molecular formula is C76H48N4. The van der Waals surface area contributed by atoms with Crippen LogP contribution in [0.1, 0.15) is 0 Å². The van der Waals surface area contributed by atoms with Crippen molar-refractivity contribution in [3.05, 3.63) is 291 Å². The van der Waals surface area contributed by atoms with E-state index in [2.05, 4.69) is 276 Å². The average Bonchev–Trinajstić information content (AvgIpc) is 4.27. The molecule has 3 heterocycles. The SMILES string of the molecule is c1ccc2cc(-c3ccc(-n4c5ccccc5c5cc(-c6ccc(-c7nc8ccccc8nc7-c7ccc(-c8ccc9c(c8)c8ccccc8n9-c8ccc(-c9ccc%10ccccc%10c9)cc8)cc7)cc6)ccc54)cc3)ccc2c1. The smallest absolute Gasteiger partial charge is 0.0973 e. The lowest BCUT2D eigenvalue weighted by atomic mass is 9.97. The van der Waals surface area contributed by atoms with Crippen LogP contribution in [0.5, 0.6) is 0 Å². The number of rotatable bonds is 8. The van der Waals surface area contributed by atoms with E-state index in [4.69, 9.17) is 9.97 Å². The lowest BCUT2D eigenvalue weighted by Gasteiger charge is -2.13. The van der Waals surface area contributed by atoms with E-state index in [9.17, 15) is 0 Å². The number of benzene rings is 13. The molecule has 13 aromatic carbocycles. The van der Waals surface area contributed by atoms with Crippen LogP contribution in [0.25, 0.3) is 155 Å². The highest BCUT2D eigenvalue weighted by atomic mass is 15.0. The third kappa shape index (κ3) is 7.68. The minimum absolute atomic E-state index is 0.854. The van der Waals surface area contributed by atoms with Gasteiger partial charge in [0.05, 0.1) is 44.5 Å². The molecular weight excluding hydrogens is 969 g/mol. The summed E-state index contributed by atoms with van der Waals surface area (Å²) < 4.78 is 4.78. The zero-order valence-electron chi connectivity index (χ0n) is 43.5. The molecule has 0 aliphatic carbocycles. The summed E-state index contributed by atoms with van der Waals surface area (Å²) in [7, 11) is 0. The van der Waals surface area contributed by atoms with Crippen molar-refractivity contribution in [1.29, 1.82) is 0 Å². The largest absolute Gasteiger partial charge is 0.309 e. The first-order valence-electron chi connectivity index (χ1n) is 27.4. The molecule has 0 aliphatic heterocycles. The molecule has 0 aliphatic rings. The molecule has 16 aromatic rings. The maximum atomic E-state index is 5.30. The van der Waals surface area contributed by atoms with Crippen LogP contribution in [-0.2, 0) is 0 Å². The highest BCUT2D eigenvalue weighted by Gasteiger charge is 2.18. The van der Waals surface area contributed by atoms with E-state index < -0.39 is 0 Å². The van der Waals surface area contributed by atoms with Gasteiger partial charge < -0.3 is 9.13 Å². The van der Waals surface area contributed by atoms with Crippen LogP contribution >= 0.6 is 0 Å². The molecule has 3 aromatic heterocycles. The molecule has 0 unspecified atom stereocenters. The standard InChI is InChI=1S/C76H48N4/c1-3-13-57-45-59(31-25-49(57)11-1)53-33-39-63(40-34-53)79-71-19-9-5-15-65(71)67-47-61(37-43-73(67)79)51-21-27-55(28-22-51)75-76(78-70-18-8-7-17-69(70)77-75)56-29-23-52(24-30-56)62-38-44-74-68(48-62)66-16-6-10-20-72(66)80(74)64-41-35-54(36-42-64)60-32-26-50-12-2-4-14-58(50)46-60/h1-48H. The van der Waals surface area contributed by atoms with E-state index >= 15 is 0 Å². The fourth-order valence-corrected chi connectivity index (χ4v) is 12.2. The molecule has 0 atom stereocenters. The Morgan fingerprint density at radius 1 is 0.200 bits per heavy atom. The minimum Gasteiger partial charge on any atom is -0.309 e. The van der Waals surface area contributed by atoms with Gasteiger partial charge in [0.15, 0.2) is 0 Å². The molecule has 0 saturated heterocycles. The summed E-state index contributed by atoms with van der Waals surface area (Å²) in [6, 6.07) is 105. The minimum atomic E-state index is 0.854. The molecule has 0 radical (unpaired) electrons. The summed E-state index contributed by atoms with van der Waals surface area (Å²) in [5, 5.41) is 9.90. The topological polar surface area (TPSA) is 35.6 Å². The Kier molecular flexibility index (Phi) is 10.5. The Labute approximate surface area is 462 Å². The predicted molar refractivity (Wildman–Crippen MR) is 336 cm³/mol. The van der Waals surface area contributed by atoms with Crippen LogP contribution in [0.3, 0.4) is 0 Å². The molecule has 372 valence electrons. The number of aromatic nitrogens is 4. The second-order valence-corrected chi connectivity index (χ2v) is 21.0. The summed E-state index contributed by atoms with van der Waals surface area (Å²) in [6.45, 7) is 0. The highest BCUT2D eigenvalue weighted by Crippen LogP contribution is 2.40. The number of hydrogen-bond acceptors (Lipinski definition) is 2. The molecule has 0 amide bonds. The van der Waals surface area contributed by atoms with E-state index in [-0.39, 0.29) is 0 Å². The average molecular weight is 1020 g/mol. The van der Waals surface area contributed by atoms with E-state index in [0.717, 1.165) is 67.2 Å². The number of hydrogen-bond donors (Lipinski definition) is 0. The van der Waals surface area contributed by atoms with Crippen molar-refractivity contribution in [3.8, 4) is 78.4 Å². The zero-order chi connectivity index (χ0) is 52.7. The lowest BCUT2D eigenvalue weighted by molar-refractivity contribution is 1.18. The number of nitrogens with zero attached hydrogens (tertiary/aromatic N) is 4. The van der Waals surface area contributed by atoms with Gasteiger partial charge in [-0.2, -0.15) is 0 Å². The van der Waals surface area contributed by atoms with Gasteiger partial charge in [-0.15, -0.1) is 0 Å². The Bertz CT molecular complexity index is 4760. The lowest BCUT2D eigenvalue weighted by Crippen LogP contribution is -1.96. The van der Waals surface area contributed by atoms with Crippen molar-refractivity contribution in [3.63, 3.8) is 0 Å². The molecule has 0 bridgehead atoms. The molecule has 16 rings (SSSR count). The van der Waals surface area contributed by atoms with E-state index in [1.807, 2.05) is 24.3 Å². The third-order valence-corrected chi connectivity index (χ3v) is 16.3. The molecule has 4 nitrogen and oxygen atoms in total. The third-order valence-electron chi connectivity index (χ3n) is 16.3. The van der Waals surface area contributed by atoms with Crippen LogP contribution in [0.4, 0.5) is 0 Å². The molecule has 4 heteroatoms. The van der Waals surface area contributed by atoms with Gasteiger partial charge in [0.1, 0.15) is 0 Å². The Morgan fingerprint density at radius 2 is 0.500 bits per heavy atom. The molecule has 0 N–H and O–H groups in total. The Hall–Kier alpha value is -10.7. The molecule has 0 spiro atoms. The van der Waals surface area contributed by atoms with Gasteiger partial charge in [0.25, 0.3) is 0 Å². The summed E-state index contributed by atoms with van der Waals surface area (Å²) in [6.07, 6.45) is 0. The van der Waals surface area contributed by atoms with E-state index in [1.54, 1.807) is 0 Å². The van der Waals surface area contributed by atoms with Crippen molar-refractivity contribution in [2.75, 3.05) is 0 Å². The van der Waals surface area contributed by atoms with Crippen molar-refractivity contribution in [1.82, 2.24) is 19.1 Å². The Morgan fingerprint density at radius 3 is 0.925 bits per heavy atom. The van der Waals surface area contributed by atoms with Crippen molar-refractivity contribution < 1.29 is 0 Å². The van der Waals surface area contributed by atoms with Gasteiger partial charge in [-0.25, -0.2) is 9.97 Å². The van der Waals surface area contributed by atoms with E-state index in [1.165, 1.54) is 87.4 Å². The zero-order valence-corrected chi connectivity index (χ0v) is 43.5. The first-order chi connectivity index (χ1) is 39.6. The molecule has 0 saturated carbocycles. The van der Waals surface area contributed by atoms with Gasteiger partial charge in [-0.3, -0.25) is 0 Å². The van der Waals surface area contributed by atoms with Crippen LogP contribution < -0.4 is 0 Å². The fourth-order valence-electron chi connectivity index (χ4n) is 12.2. The summed E-state index contributed by atoms with van der Waals surface area (Å²) in [5.41, 5.74) is 21.9. The number of fused-ring (bicyclic) bond motifs is 9. The van der Waals surface area contributed by atoms with Crippen molar-refractivity contribution in [2.24, 2.45) is 0 Å². The second-order valence-electron chi connectivity index (χ2n) is 21.0. The van der Waals surface area contributed by atoms with Gasteiger partial charge >= 0.3 is 0 Å². The molecule has 80 heavy (non-hydrogen) atoms. The first kappa shape index (κ1) is 45.5. The van der Waals surface area contributed by atoms with Crippen LogP contribution in [0.2, 0.25) is 0 Å². The summed E-state index contributed by atoms with van der Waals surface area (Å²) in [5.74, 6) is 0. The summed E-state index contributed by atoms with van der Waals surface area (Å²) in [4.78, 5) is 10.6. The van der Waals surface area contributed by atoms with Gasteiger partial charge in [-0.05, 0) is 151 Å². The quantitative estimate of drug-likeness (QED) is 0.152. The maximum absolute atomic E-state index is 5.30. The predicted octanol–water partition coefficient (Wildman–Crippen LogP) is 20.1. The number of para-hydroxylation sites is 4. The van der Waals surface area contributed by atoms with Crippen molar-refractivity contribution in [2.45, 2.75) is 0 Å². The summed E-state index contributed by atoms with van der Waals surface area (Å²) >= 11 is 0. The van der Waals surface area contributed by atoms with E-state index in [0.29, 0.717) is 0 Å². The van der Waals surface area contributed by atoms with Gasteiger partial charge in [0.2, 0.25) is 0 Å². The fraction of sp³-hybridized carbons (Fsp3) is 0. The maximum Gasteiger partial charge on any atom is 0.0973 e. The van der Waals surface area contributed by atoms with Gasteiger partial charge in [-0.1, -0.05) is 206 Å². The van der Waals surface area contributed by atoms with Gasteiger partial charge in [0, 0.05) is 44.0 Å². The van der Waals surface area contributed by atoms with Crippen LogP contribution in [0.15, 0.2) is 291 Å². The van der Waals surface area contributed by atoms with Crippen molar-refractivity contribution >= 4 is 76.2 Å². The first-order valence-corrected chi connectivity index (χ1v) is 27.4. The molecule has 0 fully saturated rings. The van der Waals surface area contributed by atoms with Crippen LogP contribution in [-0.4, -0.2) is 19.1 Å². The second kappa shape index (κ2) is 18.5. The van der Waals surface area contributed by atoms with Crippen LogP contribution in [0, 0.1) is 0 Å².